The number of carbonyl (C=O) groups excluding carboxylic acids is 1. The SMILES string of the molecule is CC1(C)C=Cc2c(ccc(/C=C3/SC(=S)NC3=O)c2O)O1. The maximum Gasteiger partial charge on any atom is 0.263 e. The molecule has 1 aromatic rings. The van der Waals surface area contributed by atoms with Gasteiger partial charge in [0.05, 0.1) is 10.5 Å². The number of benzene rings is 1. The van der Waals surface area contributed by atoms with E-state index in [4.69, 9.17) is 17.0 Å². The van der Waals surface area contributed by atoms with Crippen molar-refractivity contribution in [3.63, 3.8) is 0 Å². The molecule has 2 aliphatic rings. The fraction of sp³-hybridized carbons (Fsp3) is 0.200. The molecule has 2 heterocycles. The molecule has 0 aliphatic carbocycles. The Hall–Kier alpha value is -1.79. The smallest absolute Gasteiger partial charge is 0.263 e. The van der Waals surface area contributed by atoms with E-state index in [2.05, 4.69) is 5.32 Å². The lowest BCUT2D eigenvalue weighted by atomic mass is 9.99. The zero-order valence-electron chi connectivity index (χ0n) is 11.5. The highest BCUT2D eigenvalue weighted by Gasteiger charge is 2.26. The van der Waals surface area contributed by atoms with Crippen molar-refractivity contribution in [3.05, 3.63) is 34.2 Å². The Labute approximate surface area is 131 Å². The van der Waals surface area contributed by atoms with Gasteiger partial charge < -0.3 is 15.2 Å². The lowest BCUT2D eigenvalue weighted by Crippen LogP contribution is -2.27. The number of fused-ring (bicyclic) bond motifs is 1. The molecule has 1 saturated heterocycles. The van der Waals surface area contributed by atoms with Crippen LogP contribution in [0, 0.1) is 0 Å². The second-order valence-electron chi connectivity index (χ2n) is 5.31. The van der Waals surface area contributed by atoms with Crippen LogP contribution in [-0.2, 0) is 4.79 Å². The second-order valence-corrected chi connectivity index (χ2v) is 7.03. The summed E-state index contributed by atoms with van der Waals surface area (Å²) in [6.45, 7) is 3.89. The summed E-state index contributed by atoms with van der Waals surface area (Å²) in [4.78, 5) is 12.1. The van der Waals surface area contributed by atoms with Gasteiger partial charge in [0, 0.05) is 5.56 Å². The van der Waals surface area contributed by atoms with Gasteiger partial charge in [0.1, 0.15) is 21.4 Å². The number of hydrogen-bond donors (Lipinski definition) is 2. The molecule has 0 spiro atoms. The maximum absolute atomic E-state index is 11.7. The van der Waals surface area contributed by atoms with Gasteiger partial charge in [0.25, 0.3) is 5.91 Å². The van der Waals surface area contributed by atoms with Gasteiger partial charge in [-0.2, -0.15) is 0 Å². The highest BCUT2D eigenvalue weighted by atomic mass is 32.2. The van der Waals surface area contributed by atoms with Gasteiger partial charge in [-0.15, -0.1) is 0 Å². The average Bonchev–Trinajstić information content (AvgIpc) is 2.70. The molecule has 3 rings (SSSR count). The lowest BCUT2D eigenvalue weighted by Gasteiger charge is -2.28. The number of phenols is 1. The van der Waals surface area contributed by atoms with Crippen molar-refractivity contribution < 1.29 is 14.6 Å². The first-order valence-electron chi connectivity index (χ1n) is 6.35. The van der Waals surface area contributed by atoms with Gasteiger partial charge >= 0.3 is 0 Å². The van der Waals surface area contributed by atoms with Gasteiger partial charge in [-0.1, -0.05) is 24.0 Å². The van der Waals surface area contributed by atoms with Crippen molar-refractivity contribution >= 4 is 46.4 Å². The van der Waals surface area contributed by atoms with Crippen LogP contribution in [0.4, 0.5) is 0 Å². The van der Waals surface area contributed by atoms with E-state index in [1.165, 1.54) is 11.8 Å². The van der Waals surface area contributed by atoms with Crippen LogP contribution in [0.15, 0.2) is 23.1 Å². The Balaban J connectivity index is 2.02. The molecule has 1 fully saturated rings. The number of thioether (sulfide) groups is 1. The van der Waals surface area contributed by atoms with Gasteiger partial charge in [-0.25, -0.2) is 0 Å². The van der Waals surface area contributed by atoms with E-state index < -0.39 is 5.60 Å². The molecule has 0 aromatic heterocycles. The molecule has 1 aromatic carbocycles. The van der Waals surface area contributed by atoms with Crippen LogP contribution in [0.5, 0.6) is 11.5 Å². The lowest BCUT2D eigenvalue weighted by molar-refractivity contribution is -0.115. The van der Waals surface area contributed by atoms with E-state index in [9.17, 15) is 9.90 Å². The molecule has 0 bridgehead atoms. The summed E-state index contributed by atoms with van der Waals surface area (Å²) >= 11 is 6.13. The Kier molecular flexibility index (Phi) is 3.30. The van der Waals surface area contributed by atoms with Crippen molar-refractivity contribution in [2.45, 2.75) is 19.4 Å². The maximum atomic E-state index is 11.7. The van der Waals surface area contributed by atoms with Crippen LogP contribution in [0.25, 0.3) is 12.2 Å². The fourth-order valence-corrected chi connectivity index (χ4v) is 3.17. The molecular formula is C15H13NO3S2. The molecule has 0 unspecified atom stereocenters. The first-order valence-corrected chi connectivity index (χ1v) is 7.57. The van der Waals surface area contributed by atoms with Crippen LogP contribution >= 0.6 is 24.0 Å². The third-order valence-corrected chi connectivity index (χ3v) is 4.32. The van der Waals surface area contributed by atoms with E-state index in [0.717, 1.165) is 0 Å². The highest BCUT2D eigenvalue weighted by molar-refractivity contribution is 8.26. The molecule has 0 radical (unpaired) electrons. The summed E-state index contributed by atoms with van der Waals surface area (Å²) in [6.07, 6.45) is 5.35. The number of hydrogen-bond acceptors (Lipinski definition) is 5. The Morgan fingerprint density at radius 1 is 1.43 bits per heavy atom. The Bertz CT molecular complexity index is 720. The van der Waals surface area contributed by atoms with E-state index in [0.29, 0.717) is 26.1 Å². The van der Waals surface area contributed by atoms with Crippen LogP contribution in [0.1, 0.15) is 25.0 Å². The summed E-state index contributed by atoms with van der Waals surface area (Å²) in [6, 6.07) is 3.52. The molecular weight excluding hydrogens is 306 g/mol. The van der Waals surface area contributed by atoms with Crippen molar-refractivity contribution in [2.75, 3.05) is 0 Å². The van der Waals surface area contributed by atoms with Gasteiger partial charge in [0.2, 0.25) is 0 Å². The number of ether oxygens (including phenoxy) is 1. The first-order chi connectivity index (χ1) is 9.85. The minimum atomic E-state index is -0.396. The van der Waals surface area contributed by atoms with Gasteiger partial charge in [-0.05, 0) is 44.2 Å². The van der Waals surface area contributed by atoms with Crippen molar-refractivity contribution in [1.82, 2.24) is 5.32 Å². The highest BCUT2D eigenvalue weighted by Crippen LogP contribution is 2.39. The standard InChI is InChI=1S/C15H13NO3S2/c1-15(2)6-5-9-10(19-15)4-3-8(12(9)17)7-11-13(18)16-14(20)21-11/h3-7,17H,1-2H3,(H,16,18,20)/b11-7+. The second kappa shape index (κ2) is 4.89. The topological polar surface area (TPSA) is 58.6 Å². The monoisotopic (exact) mass is 319 g/mol. The predicted octanol–water partition coefficient (Wildman–Crippen LogP) is 3.07. The summed E-state index contributed by atoms with van der Waals surface area (Å²) in [5.74, 6) is 0.481. The molecule has 4 nitrogen and oxygen atoms in total. The fourth-order valence-electron chi connectivity index (χ4n) is 2.14. The minimum Gasteiger partial charge on any atom is -0.507 e. The summed E-state index contributed by atoms with van der Waals surface area (Å²) in [5.41, 5.74) is 0.783. The normalized spacial score (nSPS) is 21.1. The van der Waals surface area contributed by atoms with E-state index >= 15 is 0 Å². The molecule has 108 valence electrons. The number of nitrogens with one attached hydrogen (secondary N) is 1. The third kappa shape index (κ3) is 2.69. The summed E-state index contributed by atoms with van der Waals surface area (Å²) < 4.78 is 6.22. The minimum absolute atomic E-state index is 0.0953. The van der Waals surface area contributed by atoms with Crippen LogP contribution < -0.4 is 10.1 Å². The number of carbonyl (C=O) groups is 1. The average molecular weight is 319 g/mol. The van der Waals surface area contributed by atoms with E-state index in [1.54, 1.807) is 18.2 Å². The zero-order valence-corrected chi connectivity index (χ0v) is 13.1. The van der Waals surface area contributed by atoms with Gasteiger partial charge in [0.15, 0.2) is 0 Å². The molecule has 1 amide bonds. The van der Waals surface area contributed by atoms with Crippen LogP contribution in [0.3, 0.4) is 0 Å². The molecule has 0 atom stereocenters. The van der Waals surface area contributed by atoms with Crippen LogP contribution in [0.2, 0.25) is 0 Å². The first kappa shape index (κ1) is 14.2. The number of amides is 1. The third-order valence-electron chi connectivity index (χ3n) is 3.16. The molecule has 6 heteroatoms. The molecule has 2 aliphatic heterocycles. The van der Waals surface area contributed by atoms with E-state index in [-0.39, 0.29) is 11.7 Å². The van der Waals surface area contributed by atoms with Crippen molar-refractivity contribution in [1.29, 1.82) is 0 Å². The molecule has 2 N–H and O–H groups in total. The summed E-state index contributed by atoms with van der Waals surface area (Å²) in [5, 5.41) is 12.9. The number of phenolic OH excluding ortho intramolecular Hbond substituents is 1. The summed E-state index contributed by atoms with van der Waals surface area (Å²) in [7, 11) is 0. The Morgan fingerprint density at radius 2 is 2.19 bits per heavy atom. The van der Waals surface area contributed by atoms with Crippen LogP contribution in [-0.4, -0.2) is 20.9 Å². The zero-order chi connectivity index (χ0) is 15.2. The number of rotatable bonds is 1. The quantitative estimate of drug-likeness (QED) is 0.615. The van der Waals surface area contributed by atoms with Gasteiger partial charge in [-0.3, -0.25) is 4.79 Å². The number of thiocarbonyl (C=S) groups is 1. The largest absolute Gasteiger partial charge is 0.507 e. The molecule has 21 heavy (non-hydrogen) atoms. The Morgan fingerprint density at radius 3 is 2.86 bits per heavy atom. The number of aromatic hydroxyl groups is 1. The molecule has 0 saturated carbocycles. The van der Waals surface area contributed by atoms with Crippen molar-refractivity contribution in [2.24, 2.45) is 0 Å². The van der Waals surface area contributed by atoms with E-state index in [1.807, 2.05) is 26.0 Å². The predicted molar refractivity (Wildman–Crippen MR) is 88.2 cm³/mol. The van der Waals surface area contributed by atoms with Crippen molar-refractivity contribution in [3.8, 4) is 11.5 Å².